The Labute approximate surface area is 238 Å². The lowest BCUT2D eigenvalue weighted by Crippen LogP contribution is -2.45. The van der Waals surface area contributed by atoms with Gasteiger partial charge in [0.2, 0.25) is 0 Å². The molecule has 1 aliphatic rings. The number of amides is 3. The molecule has 3 amide bonds. The number of benzene rings is 2. The number of hydrogen-bond acceptors (Lipinski definition) is 7. The lowest BCUT2D eigenvalue weighted by Gasteiger charge is -2.22. The van der Waals surface area contributed by atoms with Gasteiger partial charge in [0.25, 0.3) is 15.9 Å². The van der Waals surface area contributed by atoms with Gasteiger partial charge >= 0.3 is 6.03 Å². The molecule has 15 heteroatoms. The summed E-state index contributed by atoms with van der Waals surface area (Å²) in [4.78, 5) is 24.5. The van der Waals surface area contributed by atoms with Crippen molar-refractivity contribution in [3.8, 4) is 5.75 Å². The number of nitrogens with two attached hydrogens (primary N) is 2. The first kappa shape index (κ1) is 32.2. The maximum Gasteiger partial charge on any atom is 0.328 e. The summed E-state index contributed by atoms with van der Waals surface area (Å²) in [6, 6.07) is 10.3. The molecular weight excluding hydrogens is 560 g/mol. The summed E-state index contributed by atoms with van der Waals surface area (Å²) in [5, 5.41) is 20.9. The molecule has 2 aromatic rings. The van der Waals surface area contributed by atoms with Gasteiger partial charge in [0.1, 0.15) is 5.75 Å². The third kappa shape index (κ3) is 11.0. The van der Waals surface area contributed by atoms with Crippen LogP contribution in [0.2, 0.25) is 5.02 Å². The number of ether oxygens (including phenoxy) is 1. The van der Waals surface area contributed by atoms with Crippen molar-refractivity contribution >= 4 is 45.5 Å². The zero-order valence-electron chi connectivity index (χ0n) is 22.1. The minimum absolute atomic E-state index is 0.00209. The number of guanidine groups is 2. The van der Waals surface area contributed by atoms with Crippen LogP contribution in [-0.2, 0) is 16.4 Å². The Morgan fingerprint density at radius 1 is 1.02 bits per heavy atom. The molecule has 3 rings (SSSR count). The molecule has 0 saturated heterocycles. The first-order valence-electron chi connectivity index (χ1n) is 12.4. The van der Waals surface area contributed by atoms with Crippen molar-refractivity contribution in [2.75, 3.05) is 13.7 Å². The van der Waals surface area contributed by atoms with Crippen LogP contribution in [0.1, 0.15) is 48.0 Å². The van der Waals surface area contributed by atoms with Crippen molar-refractivity contribution in [2.24, 2.45) is 11.5 Å². The topological polar surface area (TPSA) is 225 Å². The first-order chi connectivity index (χ1) is 18.9. The normalized spacial score (nSPS) is 13.2. The van der Waals surface area contributed by atoms with Gasteiger partial charge < -0.3 is 26.8 Å². The zero-order valence-corrected chi connectivity index (χ0v) is 23.6. The van der Waals surface area contributed by atoms with Gasteiger partial charge in [-0.05, 0) is 55.2 Å². The fourth-order valence-electron chi connectivity index (χ4n) is 3.90. The number of carbonyl (C=O) groups excluding carboxylic acids is 2. The Morgan fingerprint density at radius 3 is 2.20 bits per heavy atom. The number of hydrogen-bond donors (Lipinski definition) is 8. The van der Waals surface area contributed by atoms with Crippen molar-refractivity contribution in [2.45, 2.75) is 49.5 Å². The summed E-state index contributed by atoms with van der Waals surface area (Å²) in [6.45, 7) is 0.336. The molecule has 40 heavy (non-hydrogen) atoms. The van der Waals surface area contributed by atoms with E-state index in [9.17, 15) is 18.0 Å². The third-order valence-electron chi connectivity index (χ3n) is 5.78. The van der Waals surface area contributed by atoms with Gasteiger partial charge in [-0.2, -0.15) is 0 Å². The number of sulfonamides is 1. The van der Waals surface area contributed by atoms with Crippen LogP contribution in [-0.4, -0.2) is 52.0 Å². The van der Waals surface area contributed by atoms with Gasteiger partial charge in [-0.15, -0.1) is 0 Å². The van der Waals surface area contributed by atoms with Crippen LogP contribution in [0.4, 0.5) is 4.79 Å². The van der Waals surface area contributed by atoms with Gasteiger partial charge in [0, 0.05) is 17.6 Å². The van der Waals surface area contributed by atoms with Crippen LogP contribution < -0.4 is 36.9 Å². The minimum atomic E-state index is -3.97. The van der Waals surface area contributed by atoms with Crippen LogP contribution in [0.25, 0.3) is 0 Å². The van der Waals surface area contributed by atoms with Gasteiger partial charge in [0.15, 0.2) is 11.9 Å². The maximum atomic E-state index is 12.5. The van der Waals surface area contributed by atoms with Crippen molar-refractivity contribution in [1.29, 1.82) is 10.8 Å². The molecule has 0 bridgehead atoms. The van der Waals surface area contributed by atoms with E-state index in [4.69, 9.17) is 38.6 Å². The van der Waals surface area contributed by atoms with Gasteiger partial charge in [0.05, 0.1) is 17.6 Å². The molecule has 0 aliphatic heterocycles. The average Bonchev–Trinajstić information content (AvgIpc) is 2.88. The Kier molecular flexibility index (Phi) is 12.5. The molecule has 10 N–H and O–H groups in total. The molecular formula is C25H35ClN8O5S. The number of methoxy groups -OCH3 is 1. The van der Waals surface area contributed by atoms with Crippen LogP contribution in [0.3, 0.4) is 0 Å². The van der Waals surface area contributed by atoms with Crippen LogP contribution >= 0.6 is 11.6 Å². The van der Waals surface area contributed by atoms with E-state index in [0.29, 0.717) is 29.3 Å². The molecule has 1 saturated carbocycles. The molecule has 218 valence electrons. The highest BCUT2D eigenvalue weighted by Gasteiger charge is 2.21. The number of halogens is 1. The zero-order chi connectivity index (χ0) is 29.7. The van der Waals surface area contributed by atoms with E-state index in [2.05, 4.69) is 15.4 Å². The fourth-order valence-corrected chi connectivity index (χ4v) is 4.98. The number of urea groups is 1. The number of rotatable bonds is 8. The molecule has 0 atom stereocenters. The third-order valence-corrected chi connectivity index (χ3v) is 7.36. The monoisotopic (exact) mass is 594 g/mol. The maximum absolute atomic E-state index is 12.5. The Morgan fingerprint density at radius 2 is 1.65 bits per heavy atom. The van der Waals surface area contributed by atoms with E-state index < -0.39 is 16.1 Å². The van der Waals surface area contributed by atoms with E-state index in [1.165, 1.54) is 25.3 Å². The Bertz CT molecular complexity index is 1290. The van der Waals surface area contributed by atoms with Gasteiger partial charge in [-0.3, -0.25) is 20.9 Å². The van der Waals surface area contributed by atoms with Gasteiger partial charge in [-0.25, -0.2) is 17.9 Å². The predicted octanol–water partition coefficient (Wildman–Crippen LogP) is 2.00. The van der Waals surface area contributed by atoms with Crippen molar-refractivity contribution in [1.82, 2.24) is 20.7 Å². The van der Waals surface area contributed by atoms with E-state index in [0.717, 1.165) is 37.7 Å². The van der Waals surface area contributed by atoms with E-state index in [1.54, 1.807) is 24.3 Å². The smallest absolute Gasteiger partial charge is 0.328 e. The highest BCUT2D eigenvalue weighted by atomic mass is 35.5. The van der Waals surface area contributed by atoms with E-state index >= 15 is 0 Å². The standard InChI is InChI=1S/C23H28ClN3O5S.C2H7N5/c1-32-21-12-9-17(24)15-20(21)22(28)25-14-13-16-7-10-19(11-8-16)33(30,31)27-23(29)26-18-5-3-2-4-6-18;3-1(4)7-2(5)6/h7-12,15,18H,2-6,13-14H2,1H3,(H,25,28)(H2,26,27,29);(H7,3,4,5,6,7). The molecule has 1 fully saturated rings. The van der Waals surface area contributed by atoms with Crippen molar-refractivity contribution in [3.05, 3.63) is 58.6 Å². The highest BCUT2D eigenvalue weighted by Crippen LogP contribution is 2.22. The SMILES string of the molecule is COc1ccc(Cl)cc1C(=O)NCCc1ccc(S(=O)(=O)NC(=O)NC2CCCCC2)cc1.N=C(N)NC(=N)N. The highest BCUT2D eigenvalue weighted by molar-refractivity contribution is 7.90. The van der Waals surface area contributed by atoms with Crippen LogP contribution in [0.5, 0.6) is 5.75 Å². The average molecular weight is 595 g/mol. The lowest BCUT2D eigenvalue weighted by molar-refractivity contribution is 0.0951. The largest absolute Gasteiger partial charge is 0.496 e. The summed E-state index contributed by atoms with van der Waals surface area (Å²) in [5.74, 6) is -0.520. The molecule has 2 aromatic carbocycles. The van der Waals surface area contributed by atoms with Crippen molar-refractivity contribution < 1.29 is 22.7 Å². The molecule has 13 nitrogen and oxygen atoms in total. The summed E-state index contributed by atoms with van der Waals surface area (Å²) < 4.78 is 32.2. The number of nitrogens with one attached hydrogen (secondary N) is 6. The quantitative estimate of drug-likeness (QED) is 0.166. The van der Waals surface area contributed by atoms with Crippen molar-refractivity contribution in [3.63, 3.8) is 0 Å². The molecule has 0 unspecified atom stereocenters. The molecule has 0 heterocycles. The Balaban J connectivity index is 0.000000708. The fraction of sp³-hybridized carbons (Fsp3) is 0.360. The molecule has 1 aliphatic carbocycles. The van der Waals surface area contributed by atoms with Gasteiger partial charge in [-0.1, -0.05) is 43.0 Å². The number of carbonyl (C=O) groups is 2. The summed E-state index contributed by atoms with van der Waals surface area (Å²) >= 11 is 5.96. The summed E-state index contributed by atoms with van der Waals surface area (Å²) in [5.41, 5.74) is 10.7. The first-order valence-corrected chi connectivity index (χ1v) is 14.3. The van der Waals surface area contributed by atoms with E-state index in [1.807, 2.05) is 5.32 Å². The minimum Gasteiger partial charge on any atom is -0.496 e. The lowest BCUT2D eigenvalue weighted by atomic mass is 9.96. The van der Waals surface area contributed by atoms with Crippen LogP contribution in [0, 0.1) is 10.8 Å². The predicted molar refractivity (Wildman–Crippen MR) is 153 cm³/mol. The summed E-state index contributed by atoms with van der Waals surface area (Å²) in [6.07, 6.45) is 5.43. The Hall–Kier alpha value is -4.04. The second-order valence-corrected chi connectivity index (χ2v) is 11.0. The van der Waals surface area contributed by atoms with E-state index in [-0.39, 0.29) is 28.8 Å². The van der Waals surface area contributed by atoms with Crippen LogP contribution in [0.15, 0.2) is 47.4 Å². The summed E-state index contributed by atoms with van der Waals surface area (Å²) in [7, 11) is -2.49. The molecule has 0 radical (unpaired) electrons. The molecule has 0 aromatic heterocycles. The second-order valence-electron chi connectivity index (χ2n) is 8.86. The second kappa shape index (κ2) is 15.5. The molecule has 0 spiro atoms.